The van der Waals surface area contributed by atoms with E-state index in [1.807, 2.05) is 36.5 Å². The number of hydrogen-bond donors (Lipinski definition) is 2. The van der Waals surface area contributed by atoms with E-state index in [0.717, 1.165) is 18.0 Å². The van der Waals surface area contributed by atoms with E-state index in [1.165, 1.54) is 16.2 Å². The van der Waals surface area contributed by atoms with Gasteiger partial charge in [0.15, 0.2) is 5.13 Å². The first-order chi connectivity index (χ1) is 27.0. The van der Waals surface area contributed by atoms with Crippen molar-refractivity contribution in [2.45, 2.75) is 101 Å². The highest BCUT2D eigenvalue weighted by atomic mass is 32.2. The Morgan fingerprint density at radius 3 is 2.51 bits per heavy atom. The Morgan fingerprint density at radius 1 is 1.04 bits per heavy atom. The summed E-state index contributed by atoms with van der Waals surface area (Å²) in [6, 6.07) is 4.12. The Labute approximate surface area is 338 Å². The molecule has 57 heavy (non-hydrogen) atoms. The summed E-state index contributed by atoms with van der Waals surface area (Å²) in [5.41, 5.74) is -0.835. The maximum Gasteiger partial charge on any atom is 0.307 e. The molecule has 6 atom stereocenters. The molecule has 0 radical (unpaired) electrons. The fraction of sp³-hybridized carbons (Fsp3) is 0.625. The first kappa shape index (κ1) is 40.8. The molecule has 2 N–H and O–H groups in total. The van der Waals surface area contributed by atoms with Gasteiger partial charge in [0.1, 0.15) is 28.6 Å². The van der Waals surface area contributed by atoms with Crippen LogP contribution in [0.1, 0.15) is 89.0 Å². The largest absolute Gasteiger partial charge is 0.460 e. The number of nitrogens with zero attached hydrogens (tertiary/aromatic N) is 5. The van der Waals surface area contributed by atoms with Gasteiger partial charge in [-0.3, -0.25) is 28.7 Å². The van der Waals surface area contributed by atoms with Crippen LogP contribution in [0.2, 0.25) is 0 Å². The zero-order valence-electron chi connectivity index (χ0n) is 33.2. The summed E-state index contributed by atoms with van der Waals surface area (Å²) >= 11 is 1.47. The van der Waals surface area contributed by atoms with E-state index < -0.39 is 68.0 Å². The smallest absolute Gasteiger partial charge is 0.307 e. The second-order valence-corrected chi connectivity index (χ2v) is 20.2. The van der Waals surface area contributed by atoms with Crippen LogP contribution in [0, 0.1) is 23.7 Å². The van der Waals surface area contributed by atoms with E-state index in [1.54, 1.807) is 43.9 Å². The van der Waals surface area contributed by atoms with E-state index in [9.17, 15) is 32.4 Å². The number of allylic oxidation sites excluding steroid dienone is 1. The number of thiazole rings is 1. The number of likely N-dealkylation sites (tertiary alicyclic amines) is 1. The quantitative estimate of drug-likeness (QED) is 0.293. The molecule has 2 aliphatic carbocycles. The van der Waals surface area contributed by atoms with Crippen LogP contribution in [0.25, 0.3) is 11.4 Å². The molecule has 5 aliphatic rings. The van der Waals surface area contributed by atoms with Crippen LogP contribution in [0.5, 0.6) is 0 Å². The summed E-state index contributed by atoms with van der Waals surface area (Å²) < 4.78 is 33.7. The minimum atomic E-state index is -3.91. The van der Waals surface area contributed by atoms with Gasteiger partial charge in [-0.15, -0.1) is 11.3 Å². The lowest BCUT2D eigenvalue weighted by Crippen LogP contribution is -2.58. The molecular formula is C40H53N7O8S2. The van der Waals surface area contributed by atoms with Gasteiger partial charge in [-0.2, -0.15) is 0 Å². The third-order valence-corrected chi connectivity index (χ3v) is 14.4. The summed E-state index contributed by atoms with van der Waals surface area (Å²) in [5.74, 6) is -4.51. The number of carbonyl (C=O) groups excluding carboxylic acids is 5. The number of carbonyl (C=O) groups is 5. The highest BCUT2D eigenvalue weighted by Gasteiger charge is 2.63. The zero-order chi connectivity index (χ0) is 40.9. The Balaban J connectivity index is 1.17. The lowest BCUT2D eigenvalue weighted by molar-refractivity contribution is -0.159. The van der Waals surface area contributed by atoms with E-state index >= 15 is 0 Å². The SMILES string of the molecule is CN(C)c1nc(-c2cccc(C(=O)N3C[C@H]4CN5C(=O)[C@@H](CC(=O)OC(C)(C)C)CCCCC/C=C\[C@@H]6C[C@@]6(C(=O)NS(=O)(=O)C6CC6)NC(=O)[C@@H]5[C@H]4C3)n2)cs1. The molecule has 0 bridgehead atoms. The van der Waals surface area contributed by atoms with Crippen LogP contribution in [0.15, 0.2) is 35.7 Å². The molecule has 0 aromatic carbocycles. The maximum atomic E-state index is 14.7. The molecule has 5 heterocycles. The molecule has 17 heteroatoms. The second-order valence-electron chi connectivity index (χ2n) is 17.4. The Morgan fingerprint density at radius 2 is 1.81 bits per heavy atom. The number of ether oxygens (including phenoxy) is 1. The first-order valence-electron chi connectivity index (χ1n) is 19.9. The molecule has 2 saturated carbocycles. The molecule has 4 amide bonds. The summed E-state index contributed by atoms with van der Waals surface area (Å²) in [7, 11) is -0.109. The summed E-state index contributed by atoms with van der Waals surface area (Å²) in [6.45, 7) is 5.87. The second kappa shape index (κ2) is 15.8. The molecular weight excluding hydrogens is 771 g/mol. The number of aromatic nitrogens is 2. The van der Waals surface area contributed by atoms with Gasteiger partial charge < -0.3 is 24.8 Å². The third-order valence-electron chi connectivity index (χ3n) is 11.5. The van der Waals surface area contributed by atoms with Crippen LogP contribution in [-0.4, -0.2) is 114 Å². The van der Waals surface area contributed by atoms with E-state index in [2.05, 4.69) is 20.0 Å². The molecule has 4 fully saturated rings. The van der Waals surface area contributed by atoms with Crippen LogP contribution in [-0.2, 0) is 33.9 Å². The minimum Gasteiger partial charge on any atom is -0.460 e. The number of nitrogens with one attached hydrogen (secondary N) is 2. The van der Waals surface area contributed by atoms with Crippen LogP contribution in [0.4, 0.5) is 5.13 Å². The maximum absolute atomic E-state index is 14.7. The molecule has 0 spiro atoms. The Bertz CT molecular complexity index is 2060. The number of hydrogen-bond acceptors (Lipinski definition) is 12. The number of sulfonamides is 1. The van der Waals surface area contributed by atoms with Gasteiger partial charge in [0, 0.05) is 62.8 Å². The third kappa shape index (κ3) is 8.88. The Hall–Kier alpha value is -4.38. The van der Waals surface area contributed by atoms with Crippen molar-refractivity contribution >= 4 is 56.1 Å². The number of rotatable bonds is 8. The molecule has 2 aromatic heterocycles. The normalized spacial score (nSPS) is 28.5. The van der Waals surface area contributed by atoms with Crippen molar-refractivity contribution in [1.82, 2.24) is 29.8 Å². The number of amides is 4. The molecule has 7 rings (SSSR count). The topological polar surface area (TPSA) is 188 Å². The van der Waals surface area contributed by atoms with Gasteiger partial charge in [-0.1, -0.05) is 31.1 Å². The molecule has 2 saturated heterocycles. The molecule has 2 aromatic rings. The van der Waals surface area contributed by atoms with Crippen molar-refractivity contribution in [3.8, 4) is 11.4 Å². The van der Waals surface area contributed by atoms with Gasteiger partial charge >= 0.3 is 5.97 Å². The number of esters is 1. The molecule has 15 nitrogen and oxygen atoms in total. The average molecular weight is 824 g/mol. The summed E-state index contributed by atoms with van der Waals surface area (Å²) in [5, 5.41) is 5.00. The monoisotopic (exact) mass is 823 g/mol. The van der Waals surface area contributed by atoms with Gasteiger partial charge in [-0.25, -0.2) is 18.4 Å². The lowest BCUT2D eigenvalue weighted by atomic mass is 9.92. The van der Waals surface area contributed by atoms with Crippen molar-refractivity contribution in [3.63, 3.8) is 0 Å². The highest BCUT2D eigenvalue weighted by Crippen LogP contribution is 2.47. The van der Waals surface area contributed by atoms with Gasteiger partial charge in [-0.05, 0) is 71.4 Å². The summed E-state index contributed by atoms with van der Waals surface area (Å²) in [6.07, 6.45) is 8.26. The Kier molecular flexibility index (Phi) is 11.3. The van der Waals surface area contributed by atoms with Crippen molar-refractivity contribution in [1.29, 1.82) is 0 Å². The van der Waals surface area contributed by atoms with Crippen LogP contribution in [0.3, 0.4) is 0 Å². The standard InChI is InChI=1S/C40H53N7O8S2/c1-39(2,3)55-32(48)18-24-12-9-7-6-8-10-13-26-19-40(26,37(52)44-57(53,54)27-16-17-27)43-34(49)33-28-22-46(20-25(28)21-47(33)35(24)50)36(51)30-15-11-14-29(41-30)31-23-56-38(42-31)45(4)5/h10-11,13-15,23-28,33H,6-9,12,16-22H2,1-5H3,(H,43,49)(H,44,52)/b13-10-/t24-,25+,26-,28+,33+,40-/m1/s1. The van der Waals surface area contributed by atoms with Gasteiger partial charge in [0.2, 0.25) is 21.8 Å². The average Bonchev–Trinajstić information content (AvgIpc) is 3.96. The van der Waals surface area contributed by atoms with Crippen molar-refractivity contribution in [2.75, 3.05) is 38.6 Å². The predicted molar refractivity (Wildman–Crippen MR) is 213 cm³/mol. The van der Waals surface area contributed by atoms with Crippen LogP contribution < -0.4 is 14.9 Å². The zero-order valence-corrected chi connectivity index (χ0v) is 34.9. The minimum absolute atomic E-state index is 0.147. The van der Waals surface area contributed by atoms with Crippen molar-refractivity contribution < 1.29 is 37.1 Å². The molecule has 0 unspecified atom stereocenters. The predicted octanol–water partition coefficient (Wildman–Crippen LogP) is 3.52. The molecule has 3 aliphatic heterocycles. The van der Waals surface area contributed by atoms with E-state index in [4.69, 9.17) is 4.74 Å². The number of fused-ring (bicyclic) bond motifs is 4. The van der Waals surface area contributed by atoms with Crippen molar-refractivity contribution in [3.05, 3.63) is 41.4 Å². The fourth-order valence-corrected chi connectivity index (χ4v) is 10.5. The van der Waals surface area contributed by atoms with Gasteiger partial charge in [0.05, 0.1) is 17.4 Å². The lowest BCUT2D eigenvalue weighted by Gasteiger charge is -2.33. The molecule has 308 valence electrons. The van der Waals surface area contributed by atoms with Gasteiger partial charge in [0.25, 0.3) is 11.8 Å². The number of pyridine rings is 1. The fourth-order valence-electron chi connectivity index (χ4n) is 8.40. The summed E-state index contributed by atoms with van der Waals surface area (Å²) in [4.78, 5) is 84.8. The van der Waals surface area contributed by atoms with Crippen LogP contribution >= 0.6 is 11.3 Å². The first-order valence-corrected chi connectivity index (χ1v) is 22.3. The highest BCUT2D eigenvalue weighted by molar-refractivity contribution is 7.91. The number of anilines is 1. The van der Waals surface area contributed by atoms with E-state index in [-0.39, 0.29) is 55.9 Å². The van der Waals surface area contributed by atoms with E-state index in [0.29, 0.717) is 43.5 Å². The van der Waals surface area contributed by atoms with Crippen molar-refractivity contribution in [2.24, 2.45) is 23.7 Å².